The largest absolute Gasteiger partial charge is 0.285 e. The van der Waals surface area contributed by atoms with Gasteiger partial charge in [0, 0.05) is 0 Å². The fourth-order valence-corrected chi connectivity index (χ4v) is 5.69. The Morgan fingerprint density at radius 2 is 1.50 bits per heavy atom. The third-order valence-electron chi connectivity index (χ3n) is 4.34. The summed E-state index contributed by atoms with van der Waals surface area (Å²) in [5.74, 6) is -0.210. The summed E-state index contributed by atoms with van der Waals surface area (Å²) in [7, 11) is -8.10. The Labute approximate surface area is 107 Å². The van der Waals surface area contributed by atoms with E-state index in [2.05, 4.69) is 0 Å². The summed E-state index contributed by atoms with van der Waals surface area (Å²) in [6.07, 6.45) is 2.88. The number of fused-ring (bicyclic) bond motifs is 1. The van der Waals surface area contributed by atoms with Gasteiger partial charge in [0.05, 0.1) is 10.5 Å². The first kappa shape index (κ1) is 14.2. The van der Waals surface area contributed by atoms with Crippen molar-refractivity contribution < 1.29 is 25.9 Å². The first-order chi connectivity index (χ1) is 8.19. The second-order valence-corrected chi connectivity index (χ2v) is 8.69. The molecule has 2 rings (SSSR count). The molecule has 106 valence electrons. The zero-order valence-electron chi connectivity index (χ0n) is 9.90. The second kappa shape index (κ2) is 4.73. The van der Waals surface area contributed by atoms with Crippen molar-refractivity contribution in [3.05, 3.63) is 0 Å². The summed E-state index contributed by atoms with van der Waals surface area (Å²) in [4.78, 5) is 0. The zero-order chi connectivity index (χ0) is 13.6. The Kier molecular flexibility index (Phi) is 3.74. The van der Waals surface area contributed by atoms with Crippen LogP contribution in [-0.2, 0) is 20.2 Å². The van der Waals surface area contributed by atoms with E-state index < -0.39 is 30.7 Å². The molecule has 0 heterocycles. The van der Waals surface area contributed by atoms with Crippen LogP contribution < -0.4 is 0 Å². The van der Waals surface area contributed by atoms with Gasteiger partial charge >= 0.3 is 0 Å². The van der Waals surface area contributed by atoms with Gasteiger partial charge < -0.3 is 0 Å². The van der Waals surface area contributed by atoms with Gasteiger partial charge in [-0.2, -0.15) is 16.8 Å². The van der Waals surface area contributed by atoms with E-state index in [1.54, 1.807) is 0 Å². The molecule has 2 N–H and O–H groups in total. The van der Waals surface area contributed by atoms with Crippen molar-refractivity contribution in [1.29, 1.82) is 0 Å². The number of rotatable bonds is 2. The molecule has 0 radical (unpaired) electrons. The van der Waals surface area contributed by atoms with Crippen LogP contribution in [0.4, 0.5) is 0 Å². The smallest absolute Gasteiger partial charge is 0.268 e. The van der Waals surface area contributed by atoms with E-state index in [1.807, 2.05) is 0 Å². The van der Waals surface area contributed by atoms with Gasteiger partial charge in [0.25, 0.3) is 20.2 Å². The molecule has 0 aliphatic heterocycles. The second-order valence-electron chi connectivity index (χ2n) is 5.36. The van der Waals surface area contributed by atoms with E-state index >= 15 is 0 Å². The first-order valence-corrected chi connectivity index (χ1v) is 9.13. The molecule has 0 aromatic heterocycles. The Hall–Kier alpha value is -0.180. The van der Waals surface area contributed by atoms with Crippen LogP contribution in [0.25, 0.3) is 0 Å². The first-order valence-electron chi connectivity index (χ1n) is 6.12. The molecule has 18 heavy (non-hydrogen) atoms. The fourth-order valence-electron chi connectivity index (χ4n) is 3.50. The van der Waals surface area contributed by atoms with Crippen molar-refractivity contribution in [2.24, 2.45) is 11.8 Å². The minimum Gasteiger partial charge on any atom is -0.285 e. The molecule has 0 aromatic rings. The predicted molar refractivity (Wildman–Crippen MR) is 65.4 cm³/mol. The van der Waals surface area contributed by atoms with Crippen LogP contribution in [0.3, 0.4) is 0 Å². The van der Waals surface area contributed by atoms with Crippen molar-refractivity contribution in [2.45, 2.75) is 49.0 Å². The summed E-state index contributed by atoms with van der Waals surface area (Å²) in [5.41, 5.74) is 0. The summed E-state index contributed by atoms with van der Waals surface area (Å²) in [6, 6.07) is 0. The van der Waals surface area contributed by atoms with E-state index in [1.165, 1.54) is 0 Å². The molecule has 2 aliphatic rings. The SMILES string of the molecule is O=S(=O)(O)C1CCC2C(CCCC2S(=O)(=O)O)C1. The van der Waals surface area contributed by atoms with Crippen LogP contribution >= 0.6 is 0 Å². The minimum absolute atomic E-state index is 0.0358. The van der Waals surface area contributed by atoms with Gasteiger partial charge in [-0.1, -0.05) is 12.8 Å². The van der Waals surface area contributed by atoms with Crippen molar-refractivity contribution in [1.82, 2.24) is 0 Å². The van der Waals surface area contributed by atoms with Gasteiger partial charge in [0.2, 0.25) is 0 Å². The summed E-state index contributed by atoms with van der Waals surface area (Å²) >= 11 is 0. The fraction of sp³-hybridized carbons (Fsp3) is 1.00. The Balaban J connectivity index is 2.17. The molecular weight excluding hydrogens is 280 g/mol. The van der Waals surface area contributed by atoms with Crippen molar-refractivity contribution in [2.75, 3.05) is 0 Å². The molecule has 2 saturated carbocycles. The van der Waals surface area contributed by atoms with Gasteiger partial charge in [-0.05, 0) is 37.5 Å². The Morgan fingerprint density at radius 3 is 2.06 bits per heavy atom. The predicted octanol–water partition coefficient (Wildman–Crippen LogP) is 1.10. The maximum atomic E-state index is 11.3. The molecule has 0 amide bonds. The standard InChI is InChI=1S/C10H18O6S2/c11-17(12,13)8-4-5-9-7(6-8)2-1-3-10(9)18(14,15)16/h7-10H,1-6H2,(H,11,12,13)(H,14,15,16). The highest BCUT2D eigenvalue weighted by atomic mass is 32.2. The highest BCUT2D eigenvalue weighted by Gasteiger charge is 2.45. The lowest BCUT2D eigenvalue weighted by Gasteiger charge is -2.41. The highest BCUT2D eigenvalue weighted by molar-refractivity contribution is 7.86. The number of hydrogen-bond acceptors (Lipinski definition) is 4. The molecule has 6 nitrogen and oxygen atoms in total. The average Bonchev–Trinajstić information content (AvgIpc) is 2.25. The van der Waals surface area contributed by atoms with Crippen LogP contribution in [0.2, 0.25) is 0 Å². The molecule has 0 spiro atoms. The number of hydrogen-bond donors (Lipinski definition) is 2. The maximum Gasteiger partial charge on any atom is 0.268 e. The third kappa shape index (κ3) is 2.87. The van der Waals surface area contributed by atoms with Crippen LogP contribution in [-0.4, -0.2) is 36.4 Å². The van der Waals surface area contributed by atoms with Crippen LogP contribution in [0.5, 0.6) is 0 Å². The maximum absolute atomic E-state index is 11.3. The Morgan fingerprint density at radius 1 is 0.833 bits per heavy atom. The summed E-state index contributed by atoms with van der Waals surface area (Å²) in [5, 5.41) is -1.54. The lowest BCUT2D eigenvalue weighted by Crippen LogP contribution is -2.43. The van der Waals surface area contributed by atoms with Gasteiger partial charge in [-0.15, -0.1) is 0 Å². The minimum atomic E-state index is -4.06. The van der Waals surface area contributed by atoms with Gasteiger partial charge in [0.1, 0.15) is 0 Å². The van der Waals surface area contributed by atoms with Gasteiger partial charge in [-0.3, -0.25) is 9.11 Å². The molecular formula is C10H18O6S2. The van der Waals surface area contributed by atoms with E-state index in [0.29, 0.717) is 25.7 Å². The molecule has 0 aromatic carbocycles. The topological polar surface area (TPSA) is 109 Å². The van der Waals surface area contributed by atoms with Crippen molar-refractivity contribution >= 4 is 20.2 Å². The van der Waals surface area contributed by atoms with E-state index in [0.717, 1.165) is 6.42 Å². The normalized spacial score (nSPS) is 38.1. The third-order valence-corrected chi connectivity index (χ3v) is 6.96. The lowest BCUT2D eigenvalue weighted by atomic mass is 9.70. The van der Waals surface area contributed by atoms with E-state index in [4.69, 9.17) is 4.55 Å². The highest BCUT2D eigenvalue weighted by Crippen LogP contribution is 2.44. The van der Waals surface area contributed by atoms with Crippen molar-refractivity contribution in [3.63, 3.8) is 0 Å². The van der Waals surface area contributed by atoms with Crippen molar-refractivity contribution in [3.8, 4) is 0 Å². The molecule has 8 heteroatoms. The molecule has 2 aliphatic carbocycles. The molecule has 4 unspecified atom stereocenters. The monoisotopic (exact) mass is 298 g/mol. The average molecular weight is 298 g/mol. The van der Waals surface area contributed by atoms with Gasteiger partial charge in [0.15, 0.2) is 0 Å². The van der Waals surface area contributed by atoms with Gasteiger partial charge in [-0.25, -0.2) is 0 Å². The summed E-state index contributed by atoms with van der Waals surface area (Å²) in [6.45, 7) is 0. The molecule has 2 fully saturated rings. The van der Waals surface area contributed by atoms with E-state index in [9.17, 15) is 21.4 Å². The molecule has 4 atom stereocenters. The van der Waals surface area contributed by atoms with Crippen LogP contribution in [0.1, 0.15) is 38.5 Å². The van der Waals surface area contributed by atoms with Crippen LogP contribution in [0.15, 0.2) is 0 Å². The quantitative estimate of drug-likeness (QED) is 0.739. The Bertz CT molecular complexity index is 508. The molecule has 0 bridgehead atoms. The van der Waals surface area contributed by atoms with Crippen LogP contribution in [0, 0.1) is 11.8 Å². The molecule has 0 saturated heterocycles. The summed E-state index contributed by atoms with van der Waals surface area (Å²) < 4.78 is 63.1. The van der Waals surface area contributed by atoms with E-state index in [-0.39, 0.29) is 18.3 Å². The lowest BCUT2D eigenvalue weighted by molar-refractivity contribution is 0.168. The zero-order valence-corrected chi connectivity index (χ0v) is 11.5.